The molecule has 1 fully saturated rings. The largest absolute Gasteiger partial charge is 0.492 e. The Bertz CT molecular complexity index is 2010. The maximum Gasteiger partial charge on any atom is 0.227 e. The van der Waals surface area contributed by atoms with E-state index in [0.29, 0.717) is 47.2 Å². The van der Waals surface area contributed by atoms with Gasteiger partial charge in [0.1, 0.15) is 23.9 Å². The van der Waals surface area contributed by atoms with Gasteiger partial charge in [0, 0.05) is 58.3 Å². The summed E-state index contributed by atoms with van der Waals surface area (Å²) in [6, 6.07) is 12.4. The second-order valence-corrected chi connectivity index (χ2v) is 11.8. The molecule has 5 aromatic heterocycles. The molecule has 0 bridgehead atoms. The molecule has 0 saturated heterocycles. The van der Waals surface area contributed by atoms with E-state index in [0.717, 1.165) is 58.7 Å². The van der Waals surface area contributed by atoms with Crippen molar-refractivity contribution in [1.82, 2.24) is 35.0 Å². The van der Waals surface area contributed by atoms with Crippen molar-refractivity contribution in [3.8, 4) is 39.7 Å². The number of benzene rings is 1. The van der Waals surface area contributed by atoms with Gasteiger partial charge < -0.3 is 19.9 Å². The van der Waals surface area contributed by atoms with Gasteiger partial charge in [-0.15, -0.1) is 0 Å². The Balaban J connectivity index is 1.20. The molecule has 1 aromatic carbocycles. The number of pyridine rings is 3. The van der Waals surface area contributed by atoms with Crippen molar-refractivity contribution < 1.29 is 13.9 Å². The highest BCUT2D eigenvalue weighted by molar-refractivity contribution is 6.00. The first-order chi connectivity index (χ1) is 21.9. The summed E-state index contributed by atoms with van der Waals surface area (Å²) in [6.45, 7) is 1.16. The second kappa shape index (κ2) is 12.1. The van der Waals surface area contributed by atoms with E-state index in [4.69, 9.17) is 4.74 Å². The molecule has 7 rings (SSSR count). The predicted molar refractivity (Wildman–Crippen MR) is 172 cm³/mol. The summed E-state index contributed by atoms with van der Waals surface area (Å²) in [4.78, 5) is 31.8. The minimum atomic E-state index is -0.392. The number of hydrogen-bond donors (Lipinski definition) is 3. The molecule has 45 heavy (non-hydrogen) atoms. The minimum Gasteiger partial charge on any atom is -0.492 e. The Hall–Kier alpha value is -5.16. The van der Waals surface area contributed by atoms with Crippen LogP contribution in [0.4, 0.5) is 10.1 Å². The van der Waals surface area contributed by atoms with E-state index in [-0.39, 0.29) is 11.8 Å². The van der Waals surface area contributed by atoms with E-state index >= 15 is 0 Å². The van der Waals surface area contributed by atoms with Crippen molar-refractivity contribution in [1.29, 1.82) is 0 Å². The van der Waals surface area contributed by atoms with E-state index in [9.17, 15) is 9.18 Å². The number of halogens is 1. The number of nitrogens with zero attached hydrogens (tertiary/aromatic N) is 5. The number of hydrogen-bond acceptors (Lipinski definition) is 7. The monoisotopic (exact) mass is 604 g/mol. The van der Waals surface area contributed by atoms with Crippen LogP contribution in [0.25, 0.3) is 55.7 Å². The lowest BCUT2D eigenvalue weighted by Gasteiger charge is -2.12. The zero-order valence-corrected chi connectivity index (χ0v) is 25.1. The van der Waals surface area contributed by atoms with Gasteiger partial charge >= 0.3 is 0 Å². The molecule has 1 aliphatic carbocycles. The van der Waals surface area contributed by atoms with Crippen molar-refractivity contribution >= 4 is 33.4 Å². The molecular weight excluding hydrogens is 571 g/mol. The van der Waals surface area contributed by atoms with E-state index < -0.39 is 5.82 Å². The van der Waals surface area contributed by atoms with Gasteiger partial charge in [0.05, 0.1) is 40.7 Å². The van der Waals surface area contributed by atoms with Crippen molar-refractivity contribution in [2.75, 3.05) is 32.6 Å². The van der Waals surface area contributed by atoms with E-state index in [2.05, 4.69) is 35.5 Å². The van der Waals surface area contributed by atoms with Gasteiger partial charge in [-0.2, -0.15) is 5.10 Å². The molecule has 3 N–H and O–H groups in total. The predicted octanol–water partition coefficient (Wildman–Crippen LogP) is 6.44. The first-order valence-electron chi connectivity index (χ1n) is 15.1. The van der Waals surface area contributed by atoms with E-state index in [1.165, 1.54) is 12.1 Å². The number of rotatable bonds is 9. The van der Waals surface area contributed by atoms with Crippen LogP contribution in [-0.2, 0) is 4.79 Å². The number of carbonyl (C=O) groups is 1. The van der Waals surface area contributed by atoms with Crippen LogP contribution in [0.5, 0.6) is 5.75 Å². The first kappa shape index (κ1) is 28.6. The van der Waals surface area contributed by atoms with Gasteiger partial charge in [0.25, 0.3) is 0 Å². The fraction of sp³-hybridized carbons (Fsp3) is 0.265. The number of amides is 1. The van der Waals surface area contributed by atoms with E-state index in [1.807, 2.05) is 49.3 Å². The number of likely N-dealkylation sites (N-methyl/N-ethyl adjacent to an activating group) is 1. The molecule has 0 spiro atoms. The molecule has 6 aromatic rings. The average Bonchev–Trinajstić information content (AvgIpc) is 3.80. The lowest BCUT2D eigenvalue weighted by atomic mass is 10.1. The summed E-state index contributed by atoms with van der Waals surface area (Å²) in [5.41, 5.74) is 6.49. The van der Waals surface area contributed by atoms with Gasteiger partial charge in [-0.25, -0.2) is 4.39 Å². The Morgan fingerprint density at radius 1 is 0.978 bits per heavy atom. The number of ether oxygens (including phenoxy) is 1. The Labute approximate surface area is 259 Å². The highest BCUT2D eigenvalue weighted by atomic mass is 19.1. The summed E-state index contributed by atoms with van der Waals surface area (Å²) in [7, 11) is 3.92. The third-order valence-electron chi connectivity index (χ3n) is 8.23. The van der Waals surface area contributed by atoms with Crippen molar-refractivity contribution in [3.63, 3.8) is 0 Å². The second-order valence-electron chi connectivity index (χ2n) is 11.8. The Kier molecular flexibility index (Phi) is 7.68. The number of H-pyrrole nitrogens is 2. The summed E-state index contributed by atoms with van der Waals surface area (Å²) in [5.74, 6) is 0.173. The number of aromatic nitrogens is 6. The van der Waals surface area contributed by atoms with Crippen LogP contribution in [0.15, 0.2) is 67.3 Å². The van der Waals surface area contributed by atoms with Crippen LogP contribution in [-0.4, -0.2) is 68.2 Å². The fourth-order valence-electron chi connectivity index (χ4n) is 5.90. The third-order valence-corrected chi connectivity index (χ3v) is 8.23. The van der Waals surface area contributed by atoms with Crippen LogP contribution >= 0.6 is 0 Å². The molecular formula is C34H33FN8O2. The highest BCUT2D eigenvalue weighted by Crippen LogP contribution is 2.35. The molecule has 5 heterocycles. The maximum absolute atomic E-state index is 14.7. The topological polar surface area (TPSA) is 125 Å². The molecule has 0 atom stereocenters. The fourth-order valence-corrected chi connectivity index (χ4v) is 5.90. The number of aromatic amines is 2. The number of nitrogens with one attached hydrogen (secondary N) is 3. The SMILES string of the molecule is CN(C)CCOc1cc(F)cc(-c2nccc3[nH]c(-c4n[nH]c5cnc(-c6cncc(NC(=O)C7CCCC7)c6)cc45)cc23)c1. The number of fused-ring (bicyclic) bond motifs is 2. The molecule has 11 heteroatoms. The van der Waals surface area contributed by atoms with Crippen LogP contribution in [0.1, 0.15) is 25.7 Å². The Morgan fingerprint density at radius 2 is 1.82 bits per heavy atom. The normalized spacial score (nSPS) is 13.7. The van der Waals surface area contributed by atoms with Gasteiger partial charge in [0.2, 0.25) is 5.91 Å². The van der Waals surface area contributed by atoms with Gasteiger partial charge in [-0.1, -0.05) is 12.8 Å². The summed E-state index contributed by atoms with van der Waals surface area (Å²) < 4.78 is 20.5. The maximum atomic E-state index is 14.7. The standard InChI is InChI=1S/C34H33FN8O2/c1-43(2)9-10-45-25-13-21(11-23(35)14-25)32-26-16-30(40-28(26)7-8-37-32)33-27-15-29(38-19-31(27)41-42-33)22-12-24(18-36-17-22)39-34(44)20-5-3-4-6-20/h7-8,11-20,40H,3-6,9-10H2,1-2H3,(H,39,44)(H,41,42). The molecule has 1 saturated carbocycles. The summed E-state index contributed by atoms with van der Waals surface area (Å²) in [6.07, 6.45) is 10.9. The van der Waals surface area contributed by atoms with Crippen LogP contribution in [0.3, 0.4) is 0 Å². The molecule has 1 amide bonds. The Morgan fingerprint density at radius 3 is 2.67 bits per heavy atom. The van der Waals surface area contributed by atoms with Crippen molar-refractivity contribution in [2.45, 2.75) is 25.7 Å². The highest BCUT2D eigenvalue weighted by Gasteiger charge is 2.23. The lowest BCUT2D eigenvalue weighted by molar-refractivity contribution is -0.119. The van der Waals surface area contributed by atoms with Gasteiger partial charge in [-0.3, -0.25) is 24.8 Å². The smallest absolute Gasteiger partial charge is 0.227 e. The molecule has 0 radical (unpaired) electrons. The van der Waals surface area contributed by atoms with Gasteiger partial charge in [-0.05, 0) is 63.3 Å². The molecule has 0 aliphatic heterocycles. The summed E-state index contributed by atoms with van der Waals surface area (Å²) >= 11 is 0. The van der Waals surface area contributed by atoms with Crippen molar-refractivity contribution in [3.05, 3.63) is 73.1 Å². The van der Waals surface area contributed by atoms with Crippen LogP contribution in [0.2, 0.25) is 0 Å². The average molecular weight is 605 g/mol. The van der Waals surface area contributed by atoms with Gasteiger partial charge in [0.15, 0.2) is 0 Å². The van der Waals surface area contributed by atoms with Crippen molar-refractivity contribution in [2.24, 2.45) is 5.92 Å². The molecule has 10 nitrogen and oxygen atoms in total. The first-order valence-corrected chi connectivity index (χ1v) is 15.1. The number of carbonyl (C=O) groups excluding carboxylic acids is 1. The lowest BCUT2D eigenvalue weighted by Crippen LogP contribution is -2.20. The summed E-state index contributed by atoms with van der Waals surface area (Å²) in [5, 5.41) is 12.4. The van der Waals surface area contributed by atoms with Crippen LogP contribution < -0.4 is 10.1 Å². The number of anilines is 1. The van der Waals surface area contributed by atoms with Crippen LogP contribution in [0, 0.1) is 11.7 Å². The zero-order valence-electron chi connectivity index (χ0n) is 25.1. The molecule has 228 valence electrons. The quantitative estimate of drug-likeness (QED) is 0.174. The third kappa shape index (κ3) is 5.99. The zero-order chi connectivity index (χ0) is 30.9. The molecule has 0 unspecified atom stereocenters. The molecule has 1 aliphatic rings. The minimum absolute atomic E-state index is 0.0472. The van der Waals surface area contributed by atoms with E-state index in [1.54, 1.807) is 24.8 Å².